The van der Waals surface area contributed by atoms with Crippen molar-refractivity contribution in [3.63, 3.8) is 0 Å². The average molecular weight is 434 g/mol. The van der Waals surface area contributed by atoms with Crippen LogP contribution in [0.5, 0.6) is 5.75 Å². The fraction of sp³-hybridized carbons (Fsp3) is 0.250. The third-order valence-electron chi connectivity index (χ3n) is 4.68. The molecule has 0 amide bonds. The molecule has 2 aromatic carbocycles. The van der Waals surface area contributed by atoms with Gasteiger partial charge >= 0.3 is 0 Å². The Hall–Kier alpha value is -2.41. The van der Waals surface area contributed by atoms with Crippen LogP contribution < -0.4 is 10.1 Å². The van der Waals surface area contributed by atoms with Gasteiger partial charge in [-0.1, -0.05) is 15.9 Å². The van der Waals surface area contributed by atoms with E-state index in [1.807, 2.05) is 18.2 Å². The molecule has 140 valence electrons. The molecule has 1 aliphatic rings. The maximum atomic E-state index is 14.5. The summed E-state index contributed by atoms with van der Waals surface area (Å²) in [5.74, 6) is 0.167. The van der Waals surface area contributed by atoms with Crippen molar-refractivity contribution in [2.75, 3.05) is 19.0 Å². The molecule has 27 heavy (non-hydrogen) atoms. The molecule has 4 nitrogen and oxygen atoms in total. The number of rotatable bonds is 3. The summed E-state index contributed by atoms with van der Waals surface area (Å²) < 4.78 is 35.8. The van der Waals surface area contributed by atoms with E-state index in [-0.39, 0.29) is 5.69 Å². The second-order valence-corrected chi connectivity index (χ2v) is 7.33. The average Bonchev–Trinajstić information content (AvgIpc) is 2.83. The monoisotopic (exact) mass is 433 g/mol. The van der Waals surface area contributed by atoms with Gasteiger partial charge < -0.3 is 10.1 Å². The van der Waals surface area contributed by atoms with Gasteiger partial charge in [-0.2, -0.15) is 5.10 Å². The zero-order chi connectivity index (χ0) is 19.0. The predicted octanol–water partition coefficient (Wildman–Crippen LogP) is 5.34. The van der Waals surface area contributed by atoms with Crippen molar-refractivity contribution in [2.45, 2.75) is 19.3 Å². The molecule has 0 unspecified atom stereocenters. The largest absolute Gasteiger partial charge is 0.496 e. The summed E-state index contributed by atoms with van der Waals surface area (Å²) in [6.45, 7) is 0.774. The van der Waals surface area contributed by atoms with Crippen molar-refractivity contribution in [2.24, 2.45) is 0 Å². The normalized spacial score (nSPS) is 13.6. The molecular weight excluding hydrogens is 416 g/mol. The molecule has 0 saturated carbocycles. The number of nitrogens with one attached hydrogen (secondary N) is 1. The smallest absolute Gasteiger partial charge is 0.151 e. The Bertz CT molecular complexity index is 1000. The Morgan fingerprint density at radius 2 is 2.00 bits per heavy atom. The van der Waals surface area contributed by atoms with Gasteiger partial charge in [0.1, 0.15) is 28.8 Å². The zero-order valence-electron chi connectivity index (χ0n) is 14.7. The molecule has 0 atom stereocenters. The summed E-state index contributed by atoms with van der Waals surface area (Å²) in [4.78, 5) is 0. The number of methoxy groups -OCH3 is 1. The number of ether oxygens (including phenoxy) is 1. The summed E-state index contributed by atoms with van der Waals surface area (Å²) in [6, 6.07) is 9.23. The highest BCUT2D eigenvalue weighted by molar-refractivity contribution is 9.10. The van der Waals surface area contributed by atoms with Crippen LogP contribution in [0.3, 0.4) is 0 Å². The van der Waals surface area contributed by atoms with Gasteiger partial charge in [0.15, 0.2) is 5.82 Å². The topological polar surface area (TPSA) is 39.1 Å². The number of halogens is 3. The highest BCUT2D eigenvalue weighted by atomic mass is 79.9. The third kappa shape index (κ3) is 3.32. The lowest BCUT2D eigenvalue weighted by molar-refractivity contribution is 0.416. The lowest BCUT2D eigenvalue weighted by Crippen LogP contribution is -2.08. The van der Waals surface area contributed by atoms with Crippen LogP contribution in [0.4, 0.5) is 14.6 Å². The van der Waals surface area contributed by atoms with E-state index in [0.29, 0.717) is 5.75 Å². The first kappa shape index (κ1) is 18.0. The van der Waals surface area contributed by atoms with E-state index >= 15 is 0 Å². The van der Waals surface area contributed by atoms with Crippen LogP contribution in [-0.2, 0) is 6.42 Å². The minimum atomic E-state index is -0.654. The van der Waals surface area contributed by atoms with E-state index in [0.717, 1.165) is 59.0 Å². The van der Waals surface area contributed by atoms with Gasteiger partial charge in [0.05, 0.1) is 7.11 Å². The van der Waals surface area contributed by atoms with E-state index in [9.17, 15) is 8.78 Å². The maximum absolute atomic E-state index is 14.5. The zero-order valence-corrected chi connectivity index (χ0v) is 16.3. The highest BCUT2D eigenvalue weighted by Gasteiger charge is 2.25. The van der Waals surface area contributed by atoms with E-state index in [1.54, 1.807) is 7.11 Å². The number of fused-ring (bicyclic) bond motifs is 1. The van der Waals surface area contributed by atoms with Crippen molar-refractivity contribution < 1.29 is 13.5 Å². The van der Waals surface area contributed by atoms with Crippen molar-refractivity contribution >= 4 is 21.7 Å². The van der Waals surface area contributed by atoms with Crippen molar-refractivity contribution in [1.82, 2.24) is 9.78 Å². The van der Waals surface area contributed by atoms with Crippen LogP contribution in [0.15, 0.2) is 40.9 Å². The molecule has 4 rings (SSSR count). The molecule has 0 fully saturated rings. The molecule has 0 spiro atoms. The van der Waals surface area contributed by atoms with Crippen molar-refractivity contribution in [1.29, 1.82) is 0 Å². The molecule has 3 aromatic rings. The number of anilines is 1. The molecule has 1 N–H and O–H groups in total. The third-order valence-corrected chi connectivity index (χ3v) is 5.18. The van der Waals surface area contributed by atoms with Crippen LogP contribution in [0.25, 0.3) is 16.9 Å². The summed E-state index contributed by atoms with van der Waals surface area (Å²) in [7, 11) is 1.61. The highest BCUT2D eigenvalue weighted by Crippen LogP contribution is 2.39. The van der Waals surface area contributed by atoms with Gasteiger partial charge in [-0.3, -0.25) is 0 Å². The fourth-order valence-electron chi connectivity index (χ4n) is 3.41. The molecule has 7 heteroatoms. The number of hydrogen-bond donors (Lipinski definition) is 1. The summed E-state index contributed by atoms with van der Waals surface area (Å²) in [6.07, 6.45) is 2.83. The van der Waals surface area contributed by atoms with Gasteiger partial charge in [0.2, 0.25) is 0 Å². The van der Waals surface area contributed by atoms with E-state index in [1.165, 1.54) is 16.8 Å². The Kier molecular flexibility index (Phi) is 4.86. The second kappa shape index (κ2) is 7.31. The van der Waals surface area contributed by atoms with Gasteiger partial charge in [0, 0.05) is 28.2 Å². The summed E-state index contributed by atoms with van der Waals surface area (Å²) >= 11 is 3.50. The van der Waals surface area contributed by atoms with Crippen LogP contribution in [0.1, 0.15) is 18.4 Å². The minimum Gasteiger partial charge on any atom is -0.496 e. The number of nitrogens with zero attached hydrogens (tertiary/aromatic N) is 2. The predicted molar refractivity (Wildman–Crippen MR) is 105 cm³/mol. The molecule has 1 aliphatic heterocycles. The van der Waals surface area contributed by atoms with Crippen molar-refractivity contribution in [3.8, 4) is 22.7 Å². The molecule has 0 radical (unpaired) electrons. The first-order valence-electron chi connectivity index (χ1n) is 8.73. The van der Waals surface area contributed by atoms with Gasteiger partial charge in [-0.25, -0.2) is 13.5 Å². The standard InChI is InChI=1S/C20H18BrF2N3O/c1-27-18-8-5-12(21)10-15(18)19-14-4-2-3-9-24-20(14)26(25-19)17-7-6-13(22)11-16(17)23/h5-8,10-11,24H,2-4,9H2,1H3. The Balaban J connectivity index is 1.96. The second-order valence-electron chi connectivity index (χ2n) is 6.41. The number of hydrogen-bond acceptors (Lipinski definition) is 3. The Morgan fingerprint density at radius 1 is 1.15 bits per heavy atom. The van der Waals surface area contributed by atoms with E-state index in [2.05, 4.69) is 21.2 Å². The Labute approximate surface area is 164 Å². The van der Waals surface area contributed by atoms with Gasteiger partial charge in [0.25, 0.3) is 0 Å². The summed E-state index contributed by atoms with van der Waals surface area (Å²) in [5.41, 5.74) is 2.78. The molecular formula is C20H18BrF2N3O. The van der Waals surface area contributed by atoms with Crippen LogP contribution in [0.2, 0.25) is 0 Å². The molecule has 0 aliphatic carbocycles. The van der Waals surface area contributed by atoms with Crippen molar-refractivity contribution in [3.05, 3.63) is 58.1 Å². The lowest BCUT2D eigenvalue weighted by Gasteiger charge is -2.10. The number of aromatic nitrogens is 2. The SMILES string of the molecule is COc1ccc(Br)cc1-c1nn(-c2ccc(F)cc2F)c2c1CCCCN2. The molecule has 1 aromatic heterocycles. The number of benzene rings is 2. The molecule has 0 saturated heterocycles. The molecule has 2 heterocycles. The van der Waals surface area contributed by atoms with E-state index < -0.39 is 11.6 Å². The van der Waals surface area contributed by atoms with E-state index in [4.69, 9.17) is 9.84 Å². The molecule has 0 bridgehead atoms. The van der Waals surface area contributed by atoms with Crippen LogP contribution in [0, 0.1) is 11.6 Å². The Morgan fingerprint density at radius 3 is 2.78 bits per heavy atom. The fourth-order valence-corrected chi connectivity index (χ4v) is 3.77. The first-order valence-corrected chi connectivity index (χ1v) is 9.53. The van der Waals surface area contributed by atoms with Gasteiger partial charge in [-0.05, 0) is 49.6 Å². The summed E-state index contributed by atoms with van der Waals surface area (Å²) in [5, 5.41) is 8.07. The quantitative estimate of drug-likeness (QED) is 0.605. The van der Waals surface area contributed by atoms with Crippen LogP contribution in [-0.4, -0.2) is 23.4 Å². The maximum Gasteiger partial charge on any atom is 0.151 e. The first-order chi connectivity index (χ1) is 13.1. The lowest BCUT2D eigenvalue weighted by atomic mass is 10.0. The minimum absolute atomic E-state index is 0.210. The van der Waals surface area contributed by atoms with Crippen LogP contribution >= 0.6 is 15.9 Å². The van der Waals surface area contributed by atoms with Gasteiger partial charge in [-0.15, -0.1) is 0 Å².